The van der Waals surface area contributed by atoms with E-state index < -0.39 is 0 Å². The van der Waals surface area contributed by atoms with Crippen LogP contribution in [0, 0.1) is 4.77 Å². The Morgan fingerprint density at radius 1 is 1.11 bits per heavy atom. The van der Waals surface area contributed by atoms with Gasteiger partial charge in [-0.05, 0) is 45.5 Å². The van der Waals surface area contributed by atoms with Gasteiger partial charge < -0.3 is 0 Å². The number of hydrogen-bond acceptors (Lipinski definition) is 6. The molecule has 8 nitrogen and oxygen atoms in total. The van der Waals surface area contributed by atoms with Gasteiger partial charge in [0.05, 0.1) is 5.56 Å². The van der Waals surface area contributed by atoms with Crippen molar-refractivity contribution in [3.8, 4) is 11.4 Å². The van der Waals surface area contributed by atoms with E-state index in [1.54, 1.807) is 18.2 Å². The number of nitrogens with one attached hydrogen (secondary N) is 1. The molecule has 0 saturated heterocycles. The molecular formula is C17H12BrN7OS. The summed E-state index contributed by atoms with van der Waals surface area (Å²) in [4.78, 5) is 14.3. The third kappa shape index (κ3) is 3.49. The van der Waals surface area contributed by atoms with Crippen LogP contribution in [0.5, 0.6) is 0 Å². The van der Waals surface area contributed by atoms with Crippen LogP contribution < -0.4 is 0 Å². The highest BCUT2D eigenvalue weighted by molar-refractivity contribution is 9.10. The van der Waals surface area contributed by atoms with E-state index in [0.29, 0.717) is 21.7 Å². The zero-order chi connectivity index (χ0) is 18.8. The lowest BCUT2D eigenvalue weighted by Crippen LogP contribution is -2.19. The van der Waals surface area contributed by atoms with E-state index in [1.165, 1.54) is 9.36 Å². The summed E-state index contributed by atoms with van der Waals surface area (Å²) in [7, 11) is 0. The van der Waals surface area contributed by atoms with Gasteiger partial charge >= 0.3 is 0 Å². The normalized spacial score (nSPS) is 10.9. The monoisotopic (exact) mass is 441 g/mol. The number of halogens is 1. The first-order chi connectivity index (χ1) is 13.1. The first-order valence-electron chi connectivity index (χ1n) is 7.92. The fraction of sp³-hybridized carbons (Fsp3) is 0.0588. The number of aromatic amines is 1. The summed E-state index contributed by atoms with van der Waals surface area (Å²) in [5.74, 6) is 0.589. The van der Waals surface area contributed by atoms with Crippen molar-refractivity contribution in [2.45, 2.75) is 6.54 Å². The molecule has 1 N–H and O–H groups in total. The summed E-state index contributed by atoms with van der Waals surface area (Å²) >= 11 is 8.62. The fourth-order valence-electron chi connectivity index (χ4n) is 2.54. The highest BCUT2D eigenvalue weighted by atomic mass is 79.9. The van der Waals surface area contributed by atoms with Gasteiger partial charge in [0.25, 0.3) is 5.91 Å². The summed E-state index contributed by atoms with van der Waals surface area (Å²) in [5, 5.41) is 19.2. The number of carbonyl (C=O) groups is 1. The van der Waals surface area contributed by atoms with Gasteiger partial charge in [0.2, 0.25) is 10.6 Å². The number of hydrogen-bond donors (Lipinski definition) is 1. The Balaban J connectivity index is 1.65. The smallest absolute Gasteiger partial charge is 0.266 e. The van der Waals surface area contributed by atoms with Crippen molar-refractivity contribution in [3.05, 3.63) is 75.2 Å². The SMILES string of the molecule is O=C(c1ccccc1Br)n1c(Cn2nnc(-c3ccccc3)n2)n[nH]c1=S. The summed E-state index contributed by atoms with van der Waals surface area (Å²) in [6.07, 6.45) is 0. The molecular weight excluding hydrogens is 430 g/mol. The standard InChI is InChI=1S/C17H12BrN7OS/c18-13-9-5-4-8-12(13)16(26)25-14(19-21-17(25)27)10-24-22-15(20-23-24)11-6-2-1-3-7-11/h1-9H,10H2,(H,21,27). The van der Waals surface area contributed by atoms with E-state index >= 15 is 0 Å². The molecule has 0 atom stereocenters. The van der Waals surface area contributed by atoms with Crippen LogP contribution in [0.25, 0.3) is 11.4 Å². The average Bonchev–Trinajstić information content (AvgIpc) is 3.29. The molecule has 0 radical (unpaired) electrons. The molecule has 0 amide bonds. The number of aromatic nitrogens is 7. The molecule has 0 saturated carbocycles. The van der Waals surface area contributed by atoms with E-state index in [0.717, 1.165) is 5.56 Å². The van der Waals surface area contributed by atoms with E-state index in [9.17, 15) is 4.79 Å². The lowest BCUT2D eigenvalue weighted by molar-refractivity contribution is 0.0953. The second-order valence-electron chi connectivity index (χ2n) is 5.57. The fourth-order valence-corrected chi connectivity index (χ4v) is 3.23. The number of carbonyl (C=O) groups excluding carboxylic acids is 1. The molecule has 0 aliphatic carbocycles. The predicted molar refractivity (Wildman–Crippen MR) is 104 cm³/mol. The molecule has 0 bridgehead atoms. The van der Waals surface area contributed by atoms with Gasteiger partial charge in [-0.3, -0.25) is 9.89 Å². The van der Waals surface area contributed by atoms with E-state index in [-0.39, 0.29) is 17.2 Å². The van der Waals surface area contributed by atoms with Crippen LogP contribution in [0.15, 0.2) is 59.1 Å². The maximum atomic E-state index is 12.9. The van der Waals surface area contributed by atoms with E-state index in [2.05, 4.69) is 41.5 Å². The quantitative estimate of drug-likeness (QED) is 0.489. The van der Waals surface area contributed by atoms with Crippen LogP contribution in [0.4, 0.5) is 0 Å². The van der Waals surface area contributed by atoms with E-state index in [1.807, 2.05) is 36.4 Å². The number of benzene rings is 2. The minimum atomic E-state index is -0.292. The minimum absolute atomic E-state index is 0.142. The molecule has 2 aromatic carbocycles. The van der Waals surface area contributed by atoms with Gasteiger partial charge in [0.1, 0.15) is 6.54 Å². The third-order valence-electron chi connectivity index (χ3n) is 3.82. The Kier molecular flexibility index (Phi) is 4.73. The minimum Gasteiger partial charge on any atom is -0.268 e. The predicted octanol–water partition coefficient (Wildman–Crippen LogP) is 3.09. The molecule has 27 heavy (non-hydrogen) atoms. The van der Waals surface area contributed by atoms with Crippen LogP contribution in [0.3, 0.4) is 0 Å². The zero-order valence-electron chi connectivity index (χ0n) is 13.8. The van der Waals surface area contributed by atoms with Crippen molar-refractivity contribution in [1.29, 1.82) is 0 Å². The van der Waals surface area contributed by atoms with E-state index in [4.69, 9.17) is 12.2 Å². The number of nitrogens with zero attached hydrogens (tertiary/aromatic N) is 6. The van der Waals surface area contributed by atoms with Crippen LogP contribution in [-0.4, -0.2) is 40.9 Å². The van der Waals surface area contributed by atoms with Gasteiger partial charge in [-0.15, -0.1) is 10.2 Å². The second-order valence-corrected chi connectivity index (χ2v) is 6.82. The first-order valence-corrected chi connectivity index (χ1v) is 9.12. The van der Waals surface area contributed by atoms with Gasteiger partial charge in [-0.25, -0.2) is 4.57 Å². The molecule has 4 aromatic rings. The number of rotatable bonds is 4. The summed E-state index contributed by atoms with van der Waals surface area (Å²) in [6.45, 7) is 0.142. The zero-order valence-corrected chi connectivity index (χ0v) is 16.2. The molecule has 0 aliphatic heterocycles. The van der Waals surface area contributed by atoms with Crippen LogP contribution >= 0.6 is 28.1 Å². The lowest BCUT2D eigenvalue weighted by Gasteiger charge is -2.06. The third-order valence-corrected chi connectivity index (χ3v) is 4.78. The molecule has 0 aliphatic rings. The van der Waals surface area contributed by atoms with Crippen molar-refractivity contribution in [2.75, 3.05) is 0 Å². The van der Waals surface area contributed by atoms with Crippen molar-refractivity contribution >= 4 is 34.1 Å². The van der Waals surface area contributed by atoms with Gasteiger partial charge in [0, 0.05) is 10.0 Å². The van der Waals surface area contributed by atoms with Crippen molar-refractivity contribution in [1.82, 2.24) is 35.0 Å². The highest BCUT2D eigenvalue weighted by Crippen LogP contribution is 2.18. The summed E-state index contributed by atoms with van der Waals surface area (Å²) in [5.41, 5.74) is 1.33. The largest absolute Gasteiger partial charge is 0.268 e. The second kappa shape index (κ2) is 7.33. The molecule has 0 fully saturated rings. The van der Waals surface area contributed by atoms with Crippen molar-refractivity contribution in [2.24, 2.45) is 0 Å². The Bertz CT molecular complexity index is 1170. The summed E-state index contributed by atoms with van der Waals surface area (Å²) in [6, 6.07) is 16.6. The van der Waals surface area contributed by atoms with Gasteiger partial charge in [-0.1, -0.05) is 42.5 Å². The molecule has 0 unspecified atom stereocenters. The Morgan fingerprint density at radius 2 is 1.85 bits per heavy atom. The lowest BCUT2D eigenvalue weighted by atomic mass is 10.2. The van der Waals surface area contributed by atoms with Crippen molar-refractivity contribution in [3.63, 3.8) is 0 Å². The molecule has 10 heteroatoms. The Labute approximate surface area is 167 Å². The highest BCUT2D eigenvalue weighted by Gasteiger charge is 2.19. The number of H-pyrrole nitrogens is 1. The van der Waals surface area contributed by atoms with Crippen LogP contribution in [0.1, 0.15) is 16.2 Å². The molecule has 4 rings (SSSR count). The van der Waals surface area contributed by atoms with Crippen LogP contribution in [-0.2, 0) is 6.54 Å². The Morgan fingerprint density at radius 3 is 2.63 bits per heavy atom. The molecule has 134 valence electrons. The summed E-state index contributed by atoms with van der Waals surface area (Å²) < 4.78 is 2.21. The van der Waals surface area contributed by atoms with Crippen LogP contribution in [0.2, 0.25) is 0 Å². The molecule has 0 spiro atoms. The van der Waals surface area contributed by atoms with Crippen molar-refractivity contribution < 1.29 is 4.79 Å². The topological polar surface area (TPSA) is 94.3 Å². The maximum Gasteiger partial charge on any atom is 0.266 e. The number of tetrazole rings is 1. The van der Waals surface area contributed by atoms with Gasteiger partial charge in [0.15, 0.2) is 5.82 Å². The average molecular weight is 442 g/mol. The molecule has 2 aromatic heterocycles. The maximum absolute atomic E-state index is 12.9. The van der Waals surface area contributed by atoms with Gasteiger partial charge in [-0.2, -0.15) is 9.90 Å². The first kappa shape index (κ1) is 17.4. The Hall–Kier alpha value is -2.98. The molecule has 2 heterocycles.